The van der Waals surface area contributed by atoms with Gasteiger partial charge in [0.1, 0.15) is 0 Å². The molecule has 0 aromatic carbocycles. The molecule has 1 aromatic heterocycles. The zero-order chi connectivity index (χ0) is 9.47. The maximum atomic E-state index is 9.29. The molecular formula is C8H11BrN2OS. The number of halogens is 1. The van der Waals surface area contributed by atoms with Gasteiger partial charge in [0.05, 0.1) is 11.8 Å². The van der Waals surface area contributed by atoms with Crippen LogP contribution in [0.25, 0.3) is 0 Å². The number of aliphatic hydroxyl groups excluding tert-OH is 1. The average molecular weight is 263 g/mol. The van der Waals surface area contributed by atoms with Crippen molar-refractivity contribution in [2.24, 2.45) is 5.73 Å². The summed E-state index contributed by atoms with van der Waals surface area (Å²) >= 11 is 4.89. The third-order valence-electron chi connectivity index (χ3n) is 2.66. The highest BCUT2D eigenvalue weighted by Gasteiger charge is 2.45. The van der Waals surface area contributed by atoms with E-state index < -0.39 is 0 Å². The van der Waals surface area contributed by atoms with Crippen molar-refractivity contribution in [1.29, 1.82) is 0 Å². The second-order valence-electron chi connectivity index (χ2n) is 3.53. The fraction of sp³-hybridized carbons (Fsp3) is 0.625. The van der Waals surface area contributed by atoms with Crippen LogP contribution >= 0.6 is 27.3 Å². The van der Waals surface area contributed by atoms with Gasteiger partial charge in [-0.2, -0.15) is 0 Å². The molecule has 0 amide bonds. The van der Waals surface area contributed by atoms with Crippen LogP contribution in [0, 0.1) is 0 Å². The molecule has 1 aliphatic carbocycles. The topological polar surface area (TPSA) is 59.1 Å². The molecule has 72 valence electrons. The van der Waals surface area contributed by atoms with E-state index >= 15 is 0 Å². The molecule has 0 radical (unpaired) electrons. The van der Waals surface area contributed by atoms with Crippen molar-refractivity contribution in [3.8, 4) is 0 Å². The fourth-order valence-corrected chi connectivity index (χ4v) is 2.95. The predicted molar refractivity (Wildman–Crippen MR) is 55.8 cm³/mol. The minimum atomic E-state index is -0.191. The highest BCUT2D eigenvalue weighted by atomic mass is 79.9. The smallest absolute Gasteiger partial charge is 0.159 e. The monoisotopic (exact) mass is 262 g/mol. The van der Waals surface area contributed by atoms with E-state index in [-0.39, 0.29) is 11.5 Å². The van der Waals surface area contributed by atoms with Crippen LogP contribution in [-0.4, -0.2) is 22.7 Å². The van der Waals surface area contributed by atoms with Gasteiger partial charge in [-0.15, -0.1) is 11.3 Å². The maximum absolute atomic E-state index is 9.29. The summed E-state index contributed by atoms with van der Waals surface area (Å²) in [6.07, 6.45) is 1.31. The lowest BCUT2D eigenvalue weighted by Gasteiger charge is -2.43. The van der Waals surface area contributed by atoms with Gasteiger partial charge in [-0.3, -0.25) is 0 Å². The molecule has 1 aromatic rings. The minimum absolute atomic E-state index is 0.0536. The molecule has 13 heavy (non-hydrogen) atoms. The summed E-state index contributed by atoms with van der Waals surface area (Å²) in [6.45, 7) is 0.570. The first-order valence-electron chi connectivity index (χ1n) is 4.16. The van der Waals surface area contributed by atoms with Crippen molar-refractivity contribution in [1.82, 2.24) is 4.98 Å². The number of aliphatic hydroxyl groups is 1. The van der Waals surface area contributed by atoms with E-state index in [0.29, 0.717) is 6.54 Å². The van der Waals surface area contributed by atoms with E-state index in [2.05, 4.69) is 20.9 Å². The third-order valence-corrected chi connectivity index (χ3v) is 4.03. The largest absolute Gasteiger partial charge is 0.393 e. The van der Waals surface area contributed by atoms with Gasteiger partial charge in [0, 0.05) is 17.3 Å². The highest BCUT2D eigenvalue weighted by molar-refractivity contribution is 9.11. The quantitative estimate of drug-likeness (QED) is 0.844. The minimum Gasteiger partial charge on any atom is -0.393 e. The number of hydrogen-bond donors (Lipinski definition) is 2. The van der Waals surface area contributed by atoms with Crippen molar-refractivity contribution < 1.29 is 5.11 Å². The molecule has 1 saturated carbocycles. The Balaban J connectivity index is 2.23. The summed E-state index contributed by atoms with van der Waals surface area (Å²) in [6, 6.07) is 0. The van der Waals surface area contributed by atoms with Gasteiger partial charge in [-0.25, -0.2) is 4.98 Å². The van der Waals surface area contributed by atoms with Crippen LogP contribution in [0.15, 0.2) is 9.30 Å². The first kappa shape index (κ1) is 9.58. The van der Waals surface area contributed by atoms with Gasteiger partial charge < -0.3 is 10.8 Å². The van der Waals surface area contributed by atoms with Gasteiger partial charge >= 0.3 is 0 Å². The number of rotatable bonds is 2. The molecule has 0 unspecified atom stereocenters. The Bertz CT molecular complexity index is 309. The van der Waals surface area contributed by atoms with E-state index in [4.69, 9.17) is 5.73 Å². The Morgan fingerprint density at radius 1 is 1.77 bits per heavy atom. The van der Waals surface area contributed by atoms with E-state index in [0.717, 1.165) is 22.5 Å². The Kier molecular flexibility index (Phi) is 2.44. The first-order valence-corrected chi connectivity index (χ1v) is 5.83. The van der Waals surface area contributed by atoms with Crippen LogP contribution in [0.3, 0.4) is 0 Å². The van der Waals surface area contributed by atoms with E-state index in [9.17, 15) is 5.11 Å². The zero-order valence-corrected chi connectivity index (χ0v) is 9.44. The molecule has 3 nitrogen and oxygen atoms in total. The van der Waals surface area contributed by atoms with Crippen LogP contribution in [0.1, 0.15) is 18.5 Å². The number of thiazole rings is 1. The summed E-state index contributed by atoms with van der Waals surface area (Å²) in [5, 5.41) is 11.3. The van der Waals surface area contributed by atoms with E-state index in [1.807, 2.05) is 5.38 Å². The second-order valence-corrected chi connectivity index (χ2v) is 5.67. The number of hydrogen-bond acceptors (Lipinski definition) is 4. The average Bonchev–Trinajstić information content (AvgIpc) is 2.46. The lowest BCUT2D eigenvalue weighted by molar-refractivity contribution is 0.0203. The fourth-order valence-electron chi connectivity index (χ4n) is 1.82. The molecule has 0 atom stereocenters. The highest BCUT2D eigenvalue weighted by Crippen LogP contribution is 2.43. The van der Waals surface area contributed by atoms with Gasteiger partial charge in [-0.05, 0) is 28.8 Å². The summed E-state index contributed by atoms with van der Waals surface area (Å²) in [4.78, 5) is 4.35. The molecule has 2 rings (SSSR count). The van der Waals surface area contributed by atoms with Crippen molar-refractivity contribution in [2.75, 3.05) is 6.54 Å². The molecular weight excluding hydrogens is 252 g/mol. The van der Waals surface area contributed by atoms with Crippen LogP contribution in [0.2, 0.25) is 0 Å². The molecule has 1 heterocycles. The van der Waals surface area contributed by atoms with Crippen molar-refractivity contribution in [2.45, 2.75) is 24.4 Å². The summed E-state index contributed by atoms with van der Waals surface area (Å²) in [5.41, 5.74) is 6.68. The third kappa shape index (κ3) is 1.54. The molecule has 1 fully saturated rings. The molecule has 0 aliphatic heterocycles. The molecule has 0 bridgehead atoms. The summed E-state index contributed by atoms with van der Waals surface area (Å²) in [5.74, 6) is 0. The summed E-state index contributed by atoms with van der Waals surface area (Å²) < 4.78 is 0.886. The van der Waals surface area contributed by atoms with Crippen molar-refractivity contribution in [3.05, 3.63) is 15.0 Å². The summed E-state index contributed by atoms with van der Waals surface area (Å²) in [7, 11) is 0. The van der Waals surface area contributed by atoms with Crippen molar-refractivity contribution in [3.63, 3.8) is 0 Å². The lowest BCUT2D eigenvalue weighted by atomic mass is 9.65. The Morgan fingerprint density at radius 3 is 2.85 bits per heavy atom. The Labute approximate surface area is 89.1 Å². The molecule has 0 spiro atoms. The van der Waals surface area contributed by atoms with Crippen LogP contribution in [0.4, 0.5) is 0 Å². The first-order chi connectivity index (χ1) is 6.16. The van der Waals surface area contributed by atoms with Gasteiger partial charge in [-0.1, -0.05) is 0 Å². The molecule has 1 aliphatic rings. The Hall–Kier alpha value is 0.0300. The normalized spacial score (nSPS) is 33.0. The Morgan fingerprint density at radius 2 is 2.46 bits per heavy atom. The number of nitrogens with zero attached hydrogens (tertiary/aromatic N) is 1. The second kappa shape index (κ2) is 3.31. The van der Waals surface area contributed by atoms with E-state index in [1.165, 1.54) is 0 Å². The van der Waals surface area contributed by atoms with Crippen LogP contribution in [-0.2, 0) is 5.41 Å². The molecule has 0 saturated heterocycles. The maximum Gasteiger partial charge on any atom is 0.159 e. The van der Waals surface area contributed by atoms with Gasteiger partial charge in [0.15, 0.2) is 3.92 Å². The number of aromatic nitrogens is 1. The zero-order valence-electron chi connectivity index (χ0n) is 7.03. The molecule has 3 N–H and O–H groups in total. The van der Waals surface area contributed by atoms with Gasteiger partial charge in [0.25, 0.3) is 0 Å². The van der Waals surface area contributed by atoms with Crippen LogP contribution < -0.4 is 5.73 Å². The number of nitrogens with two attached hydrogens (primary N) is 1. The standard InChI is InChI=1S/C8H11BrN2OS/c9-7-11-6(3-13-7)8(4-10)1-5(12)2-8/h3,5,12H,1-2,4,10H2. The van der Waals surface area contributed by atoms with Crippen LogP contribution in [0.5, 0.6) is 0 Å². The lowest BCUT2D eigenvalue weighted by Crippen LogP contribution is -2.50. The predicted octanol–water partition coefficient (Wildman–Crippen LogP) is 1.26. The van der Waals surface area contributed by atoms with Gasteiger partial charge in [0.2, 0.25) is 0 Å². The SMILES string of the molecule is NCC1(c2csc(Br)n2)CC(O)C1. The van der Waals surface area contributed by atoms with Crippen molar-refractivity contribution >= 4 is 27.3 Å². The van der Waals surface area contributed by atoms with E-state index in [1.54, 1.807) is 11.3 Å². The molecule has 5 heteroatoms.